The van der Waals surface area contributed by atoms with Gasteiger partial charge in [-0.3, -0.25) is 4.79 Å². The van der Waals surface area contributed by atoms with Crippen molar-refractivity contribution in [1.29, 1.82) is 0 Å². The maximum Gasteiger partial charge on any atom is 0.274 e. The van der Waals surface area contributed by atoms with Crippen LogP contribution < -0.4 is 10.6 Å². The third kappa shape index (κ3) is 4.92. The molecule has 0 radical (unpaired) electrons. The topological polar surface area (TPSA) is 71.8 Å². The smallest absolute Gasteiger partial charge is 0.274 e. The van der Waals surface area contributed by atoms with Crippen molar-refractivity contribution in [1.82, 2.24) is 25.6 Å². The fourth-order valence-corrected chi connectivity index (χ4v) is 3.80. The summed E-state index contributed by atoms with van der Waals surface area (Å²) in [6.07, 6.45) is 2.03. The van der Waals surface area contributed by atoms with Crippen molar-refractivity contribution >= 4 is 18.3 Å². The minimum Gasteiger partial charge on any atom is -0.343 e. The molecule has 1 atom stereocenters. The highest BCUT2D eigenvalue weighted by molar-refractivity contribution is 5.93. The summed E-state index contributed by atoms with van der Waals surface area (Å²) < 4.78 is 1.93. The molecule has 2 aromatic rings. The summed E-state index contributed by atoms with van der Waals surface area (Å²) in [6, 6.07) is 8.52. The zero-order chi connectivity index (χ0) is 19.6. The zero-order valence-corrected chi connectivity index (χ0v) is 18.3. The Hall–Kier alpha value is -1.92. The number of amides is 1. The lowest BCUT2D eigenvalue weighted by Gasteiger charge is -2.32. The van der Waals surface area contributed by atoms with Gasteiger partial charge in [0.25, 0.3) is 5.91 Å². The number of nitrogens with one attached hydrogen (secondary N) is 2. The molecule has 1 unspecified atom stereocenters. The van der Waals surface area contributed by atoms with Crippen LogP contribution >= 0.6 is 12.4 Å². The minimum absolute atomic E-state index is 0. The first-order valence-corrected chi connectivity index (χ1v) is 9.77. The summed E-state index contributed by atoms with van der Waals surface area (Å²) in [5.41, 5.74) is 3.44. The number of piperidine rings is 1. The fraction of sp³-hybridized carbons (Fsp3) is 0.571. The minimum atomic E-state index is -0.158. The van der Waals surface area contributed by atoms with Gasteiger partial charge in [0.05, 0.1) is 17.8 Å². The second-order valence-electron chi connectivity index (χ2n) is 8.64. The number of aryl methyl sites for hydroxylation is 1. The van der Waals surface area contributed by atoms with Crippen LogP contribution in [0.3, 0.4) is 0 Å². The van der Waals surface area contributed by atoms with Crippen LogP contribution in [0.4, 0.5) is 0 Å². The largest absolute Gasteiger partial charge is 0.343 e. The molecule has 7 heteroatoms. The van der Waals surface area contributed by atoms with Crippen molar-refractivity contribution in [2.75, 3.05) is 13.1 Å². The van der Waals surface area contributed by atoms with Crippen molar-refractivity contribution < 1.29 is 4.79 Å². The molecule has 1 aliphatic heterocycles. The summed E-state index contributed by atoms with van der Waals surface area (Å²) in [5.74, 6) is -0.158. The molecule has 1 saturated heterocycles. The number of carbonyl (C=O) groups is 1. The van der Waals surface area contributed by atoms with E-state index in [1.807, 2.05) is 17.7 Å². The second-order valence-corrected chi connectivity index (χ2v) is 8.64. The molecule has 1 aliphatic rings. The van der Waals surface area contributed by atoms with E-state index in [1.54, 1.807) is 0 Å². The predicted octanol–water partition coefficient (Wildman–Crippen LogP) is 3.76. The molecule has 3 rings (SSSR count). The molecule has 1 amide bonds. The molecule has 0 spiro atoms. The Labute approximate surface area is 173 Å². The molecule has 2 N–H and O–H groups in total. The van der Waals surface area contributed by atoms with Gasteiger partial charge in [0, 0.05) is 0 Å². The van der Waals surface area contributed by atoms with E-state index in [2.05, 4.69) is 66.8 Å². The van der Waals surface area contributed by atoms with E-state index in [9.17, 15) is 4.79 Å². The van der Waals surface area contributed by atoms with E-state index < -0.39 is 0 Å². The molecular formula is C21H32ClN5O. The van der Waals surface area contributed by atoms with Crippen molar-refractivity contribution in [3.63, 3.8) is 0 Å². The van der Waals surface area contributed by atoms with Gasteiger partial charge in [-0.25, -0.2) is 4.68 Å². The highest BCUT2D eigenvalue weighted by Crippen LogP contribution is 2.33. The highest BCUT2D eigenvalue weighted by Gasteiger charge is 2.30. The first-order valence-electron chi connectivity index (χ1n) is 9.77. The van der Waals surface area contributed by atoms with Crippen molar-refractivity contribution in [2.24, 2.45) is 5.41 Å². The van der Waals surface area contributed by atoms with E-state index >= 15 is 0 Å². The van der Waals surface area contributed by atoms with E-state index in [4.69, 9.17) is 0 Å². The molecule has 28 heavy (non-hydrogen) atoms. The SMILES string of the molecule is Cc1cccc(C(NC(=O)c2nnn(C3CCNCC3)c2C)C(C)(C)C)c1.Cl. The Bertz CT molecular complexity index is 805. The average molecular weight is 406 g/mol. The van der Waals surface area contributed by atoms with E-state index in [0.717, 1.165) is 37.2 Å². The Morgan fingerprint density at radius 1 is 1.25 bits per heavy atom. The molecule has 0 bridgehead atoms. The van der Waals surface area contributed by atoms with Crippen molar-refractivity contribution in [3.05, 3.63) is 46.8 Å². The zero-order valence-electron chi connectivity index (χ0n) is 17.5. The number of rotatable bonds is 4. The van der Waals surface area contributed by atoms with Crippen LogP contribution in [0.2, 0.25) is 0 Å². The van der Waals surface area contributed by atoms with Gasteiger partial charge in [-0.1, -0.05) is 55.8 Å². The first kappa shape index (κ1) is 22.4. The maximum absolute atomic E-state index is 13.0. The second kappa shape index (κ2) is 9.05. The lowest BCUT2D eigenvalue weighted by atomic mass is 9.82. The number of benzene rings is 1. The van der Waals surface area contributed by atoms with Crippen molar-refractivity contribution in [2.45, 2.75) is 59.5 Å². The normalized spacial score (nSPS) is 16.3. The van der Waals surface area contributed by atoms with Crippen LogP contribution in [-0.4, -0.2) is 34.0 Å². The molecule has 1 fully saturated rings. The van der Waals surface area contributed by atoms with Gasteiger partial charge in [0.15, 0.2) is 5.69 Å². The molecule has 1 aromatic carbocycles. The van der Waals surface area contributed by atoms with Crippen LogP contribution in [0.25, 0.3) is 0 Å². The summed E-state index contributed by atoms with van der Waals surface area (Å²) >= 11 is 0. The summed E-state index contributed by atoms with van der Waals surface area (Å²) in [5, 5.41) is 15.1. The lowest BCUT2D eigenvalue weighted by molar-refractivity contribution is 0.0895. The molecule has 154 valence electrons. The molecule has 6 nitrogen and oxygen atoms in total. The Balaban J connectivity index is 0.00000280. The van der Waals surface area contributed by atoms with Crippen molar-refractivity contribution in [3.8, 4) is 0 Å². The van der Waals surface area contributed by atoms with Gasteiger partial charge < -0.3 is 10.6 Å². The van der Waals surface area contributed by atoms with Crippen LogP contribution in [0.15, 0.2) is 24.3 Å². The molecule has 0 aliphatic carbocycles. The van der Waals surface area contributed by atoms with Gasteiger partial charge in [0.2, 0.25) is 0 Å². The third-order valence-corrected chi connectivity index (χ3v) is 5.31. The van der Waals surface area contributed by atoms with E-state index in [-0.39, 0.29) is 29.8 Å². The number of hydrogen-bond donors (Lipinski definition) is 2. The summed E-state index contributed by atoms with van der Waals surface area (Å²) in [4.78, 5) is 13.0. The monoisotopic (exact) mass is 405 g/mol. The summed E-state index contributed by atoms with van der Waals surface area (Å²) in [6.45, 7) is 12.4. The van der Waals surface area contributed by atoms with Crippen LogP contribution in [0, 0.1) is 19.3 Å². The quantitative estimate of drug-likeness (QED) is 0.812. The Morgan fingerprint density at radius 3 is 2.54 bits per heavy atom. The molecule has 2 heterocycles. The molecule has 1 aromatic heterocycles. The fourth-order valence-electron chi connectivity index (χ4n) is 3.80. The Morgan fingerprint density at radius 2 is 1.93 bits per heavy atom. The number of halogens is 1. The lowest BCUT2D eigenvalue weighted by Crippen LogP contribution is -2.37. The Kier molecular flexibility index (Phi) is 7.23. The first-order chi connectivity index (χ1) is 12.8. The third-order valence-electron chi connectivity index (χ3n) is 5.31. The average Bonchev–Trinajstić information content (AvgIpc) is 3.01. The van der Waals surface area contributed by atoms with Crippen LogP contribution in [-0.2, 0) is 0 Å². The maximum atomic E-state index is 13.0. The number of hydrogen-bond acceptors (Lipinski definition) is 4. The van der Waals surface area contributed by atoms with Crippen LogP contribution in [0.5, 0.6) is 0 Å². The van der Waals surface area contributed by atoms with Gasteiger partial charge in [-0.05, 0) is 50.8 Å². The van der Waals surface area contributed by atoms with Gasteiger partial charge in [-0.2, -0.15) is 0 Å². The molecule has 0 saturated carbocycles. The molecular weight excluding hydrogens is 374 g/mol. The number of aromatic nitrogens is 3. The summed E-state index contributed by atoms with van der Waals surface area (Å²) in [7, 11) is 0. The number of carbonyl (C=O) groups excluding carboxylic acids is 1. The van der Waals surface area contributed by atoms with Crippen LogP contribution in [0.1, 0.15) is 73.0 Å². The van der Waals surface area contributed by atoms with Gasteiger partial charge >= 0.3 is 0 Å². The standard InChI is InChI=1S/C21H31N5O.ClH/c1-14-7-6-8-16(13-14)19(21(3,4)5)23-20(27)18-15(2)26(25-24-18)17-9-11-22-12-10-17;/h6-8,13,17,19,22H,9-12H2,1-5H3,(H,23,27);1H. The van der Waals surface area contributed by atoms with E-state index in [0.29, 0.717) is 11.7 Å². The van der Waals surface area contributed by atoms with Gasteiger partial charge in [0.1, 0.15) is 0 Å². The number of nitrogens with zero attached hydrogens (tertiary/aromatic N) is 3. The van der Waals surface area contributed by atoms with E-state index in [1.165, 1.54) is 5.56 Å². The highest BCUT2D eigenvalue weighted by atomic mass is 35.5. The predicted molar refractivity (Wildman–Crippen MR) is 114 cm³/mol. The van der Waals surface area contributed by atoms with Gasteiger partial charge in [-0.15, -0.1) is 17.5 Å².